The van der Waals surface area contributed by atoms with Crippen LogP contribution < -0.4 is 0 Å². The van der Waals surface area contributed by atoms with Gasteiger partial charge in [-0.25, -0.2) is 12.7 Å². The maximum atomic E-state index is 12.7. The number of likely N-dealkylation sites (tertiary alicyclic amines) is 1. The van der Waals surface area contributed by atoms with Gasteiger partial charge in [0.2, 0.25) is 15.9 Å². The molecule has 2 aliphatic rings. The first-order valence-electron chi connectivity index (χ1n) is 7.35. The summed E-state index contributed by atoms with van der Waals surface area (Å²) in [6.07, 6.45) is 5.84. The van der Waals surface area contributed by atoms with Crippen LogP contribution >= 0.6 is 15.9 Å². The van der Waals surface area contributed by atoms with Gasteiger partial charge in [0.25, 0.3) is 0 Å². The molecule has 0 N–H and O–H groups in total. The van der Waals surface area contributed by atoms with Crippen LogP contribution in [0.2, 0.25) is 0 Å². The molecule has 114 valence electrons. The van der Waals surface area contributed by atoms with Gasteiger partial charge in [-0.2, -0.15) is 0 Å². The molecule has 0 radical (unpaired) electrons. The molecule has 8 heteroatoms. The number of hydrogen-bond acceptors (Lipinski definition) is 3. The summed E-state index contributed by atoms with van der Waals surface area (Å²) in [5.74, 6) is -0.317. The van der Waals surface area contributed by atoms with Crippen molar-refractivity contribution in [1.82, 2.24) is 9.21 Å². The second kappa shape index (κ2) is 6.36. The van der Waals surface area contributed by atoms with Gasteiger partial charge in [-0.05, 0) is 32.1 Å². The largest absolute Gasteiger partial charge is 0.341 e. The van der Waals surface area contributed by atoms with Gasteiger partial charge in [0.15, 0.2) is 11.4 Å². The molecule has 0 aromatic rings. The fraction of sp³-hybridized carbons (Fsp3) is 0.917. The first kappa shape index (κ1) is 16.3. The van der Waals surface area contributed by atoms with Crippen molar-refractivity contribution >= 4 is 39.7 Å². The molecule has 2 rings (SSSR count). The van der Waals surface area contributed by atoms with E-state index < -0.39 is 13.6 Å². The third-order valence-electron chi connectivity index (χ3n) is 4.16. The topological polar surface area (TPSA) is 57.7 Å². The van der Waals surface area contributed by atoms with Crippen molar-refractivity contribution in [3.8, 4) is 0 Å². The zero-order chi connectivity index (χ0) is 14.8. The summed E-state index contributed by atoms with van der Waals surface area (Å²) in [5.41, 5.74) is 0. The van der Waals surface area contributed by atoms with Gasteiger partial charge in [0.05, 0.1) is 0 Å². The Morgan fingerprint density at radius 2 is 1.40 bits per heavy atom. The predicted molar refractivity (Wildman–Crippen MR) is 85.0 cm³/mol. The number of carbonyl (C=O) groups is 1. The lowest BCUT2D eigenvalue weighted by molar-refractivity contribution is -0.130. The van der Waals surface area contributed by atoms with E-state index in [4.69, 9.17) is 0 Å². The first-order valence-corrected chi connectivity index (χ1v) is 9.58. The van der Waals surface area contributed by atoms with E-state index in [1.807, 2.05) is 0 Å². The van der Waals surface area contributed by atoms with E-state index in [1.54, 1.807) is 4.90 Å². The minimum absolute atomic E-state index is 0.317. The number of sulfonamides is 1. The molecule has 0 aromatic heterocycles. The summed E-state index contributed by atoms with van der Waals surface area (Å²) in [4.78, 5) is 14.3. The van der Waals surface area contributed by atoms with Crippen LogP contribution in [0.3, 0.4) is 0 Å². The number of hydrogen-bond donors (Lipinski definition) is 0. The lowest BCUT2D eigenvalue weighted by Gasteiger charge is -2.37. The van der Waals surface area contributed by atoms with Crippen LogP contribution in [0.4, 0.5) is 0 Å². The highest BCUT2D eigenvalue weighted by molar-refractivity contribution is 9.12. The molecule has 1 atom stereocenters. The minimum Gasteiger partial charge on any atom is -0.341 e. The fourth-order valence-electron chi connectivity index (χ4n) is 2.84. The van der Waals surface area contributed by atoms with E-state index in [-0.39, 0.29) is 5.91 Å². The maximum Gasteiger partial charge on any atom is 0.247 e. The van der Waals surface area contributed by atoms with Crippen LogP contribution in [0, 0.1) is 0 Å². The molecular formula is C12H22BBrN2O3S. The number of nitrogens with zero attached hydrogens (tertiary/aromatic N) is 2. The van der Waals surface area contributed by atoms with Crippen LogP contribution in [-0.2, 0) is 14.8 Å². The predicted octanol–water partition coefficient (Wildman–Crippen LogP) is 0.496. The van der Waals surface area contributed by atoms with Crippen molar-refractivity contribution in [1.29, 1.82) is 0 Å². The van der Waals surface area contributed by atoms with E-state index in [2.05, 4.69) is 15.9 Å². The molecule has 0 bridgehead atoms. The lowest BCUT2D eigenvalue weighted by atomic mass is 10.0. The Balaban J connectivity index is 2.16. The Bertz CT molecular complexity index is 457. The SMILES string of the molecule is BC(Br)(C(=O)N1CCCCC1)S(=O)(=O)N1CCCCC1. The molecule has 0 saturated carbocycles. The monoisotopic (exact) mass is 364 g/mol. The Kier molecular flexibility index (Phi) is 5.18. The summed E-state index contributed by atoms with van der Waals surface area (Å²) in [7, 11) is -2.17. The molecule has 1 unspecified atom stereocenters. The Morgan fingerprint density at radius 3 is 1.90 bits per heavy atom. The molecule has 5 nitrogen and oxygen atoms in total. The van der Waals surface area contributed by atoms with Crippen LogP contribution in [-0.4, -0.2) is 61.1 Å². The quantitative estimate of drug-likeness (QED) is 0.541. The maximum absolute atomic E-state index is 12.7. The van der Waals surface area contributed by atoms with Crippen molar-refractivity contribution in [3.63, 3.8) is 0 Å². The Labute approximate surface area is 130 Å². The van der Waals surface area contributed by atoms with Gasteiger partial charge < -0.3 is 4.90 Å². The molecule has 2 fully saturated rings. The van der Waals surface area contributed by atoms with Crippen LogP contribution in [0.25, 0.3) is 0 Å². The number of halogens is 1. The summed E-state index contributed by atoms with van der Waals surface area (Å²) in [5, 5.41) is 0. The zero-order valence-electron chi connectivity index (χ0n) is 12.0. The van der Waals surface area contributed by atoms with Crippen molar-refractivity contribution < 1.29 is 13.2 Å². The highest BCUT2D eigenvalue weighted by Crippen LogP contribution is 2.30. The minimum atomic E-state index is -3.65. The number of rotatable bonds is 3. The van der Waals surface area contributed by atoms with Crippen LogP contribution in [0.15, 0.2) is 0 Å². The van der Waals surface area contributed by atoms with E-state index in [1.165, 1.54) is 12.2 Å². The van der Waals surface area contributed by atoms with Crippen molar-refractivity contribution in [2.75, 3.05) is 26.2 Å². The van der Waals surface area contributed by atoms with E-state index in [0.29, 0.717) is 26.2 Å². The third kappa shape index (κ3) is 3.07. The molecule has 0 aliphatic carbocycles. The summed E-state index contributed by atoms with van der Waals surface area (Å²) in [6, 6.07) is 0. The first-order chi connectivity index (χ1) is 9.37. The Morgan fingerprint density at radius 1 is 0.950 bits per heavy atom. The lowest BCUT2D eigenvalue weighted by Crippen LogP contribution is -2.56. The summed E-state index contributed by atoms with van der Waals surface area (Å²) >= 11 is 3.22. The van der Waals surface area contributed by atoms with E-state index >= 15 is 0 Å². The molecule has 0 aromatic carbocycles. The summed E-state index contributed by atoms with van der Waals surface area (Å²) < 4.78 is 25.4. The van der Waals surface area contributed by atoms with Gasteiger partial charge in [0.1, 0.15) is 0 Å². The molecular weight excluding hydrogens is 343 g/mol. The second-order valence-electron chi connectivity index (χ2n) is 5.73. The standard InChI is InChI=1S/C12H22BBrN2O3S/c13-12(14,11(17)15-7-3-1-4-8-15)20(18,19)16-9-5-2-6-10-16/h1-10,13H2. The smallest absolute Gasteiger partial charge is 0.247 e. The summed E-state index contributed by atoms with van der Waals surface area (Å²) in [6.45, 7) is 2.37. The van der Waals surface area contributed by atoms with Crippen molar-refractivity contribution in [2.24, 2.45) is 0 Å². The molecule has 1 amide bonds. The molecule has 0 spiro atoms. The normalized spacial score (nSPS) is 25.1. The highest BCUT2D eigenvalue weighted by Gasteiger charge is 2.49. The average molecular weight is 365 g/mol. The highest BCUT2D eigenvalue weighted by atomic mass is 79.9. The van der Waals surface area contributed by atoms with Crippen molar-refractivity contribution in [3.05, 3.63) is 0 Å². The van der Waals surface area contributed by atoms with Gasteiger partial charge in [-0.1, -0.05) is 22.4 Å². The molecule has 2 saturated heterocycles. The average Bonchev–Trinajstić information content (AvgIpc) is 2.48. The number of carbonyl (C=O) groups excluding carboxylic acids is 1. The Hall–Kier alpha value is -0.0751. The number of amides is 1. The van der Waals surface area contributed by atoms with E-state index in [0.717, 1.165) is 38.5 Å². The molecule has 2 aliphatic heterocycles. The van der Waals surface area contributed by atoms with Gasteiger partial charge in [-0.15, -0.1) is 0 Å². The number of piperidine rings is 2. The van der Waals surface area contributed by atoms with Crippen LogP contribution in [0.5, 0.6) is 0 Å². The van der Waals surface area contributed by atoms with Gasteiger partial charge >= 0.3 is 0 Å². The third-order valence-corrected chi connectivity index (χ3v) is 7.92. The second-order valence-corrected chi connectivity index (χ2v) is 10.1. The van der Waals surface area contributed by atoms with Crippen LogP contribution in [0.1, 0.15) is 38.5 Å². The zero-order valence-corrected chi connectivity index (χ0v) is 14.4. The number of alkyl halides is 1. The molecule has 2 heterocycles. The van der Waals surface area contributed by atoms with Gasteiger partial charge in [-0.3, -0.25) is 4.79 Å². The van der Waals surface area contributed by atoms with E-state index in [9.17, 15) is 13.2 Å². The molecule has 20 heavy (non-hydrogen) atoms. The fourth-order valence-corrected chi connectivity index (χ4v) is 5.28. The van der Waals surface area contributed by atoms with Gasteiger partial charge in [0, 0.05) is 26.2 Å². The van der Waals surface area contributed by atoms with Crippen molar-refractivity contribution in [2.45, 2.75) is 42.1 Å².